The Hall–Kier alpha value is -3.53. The molecule has 1 aliphatic rings. The van der Waals surface area contributed by atoms with Crippen molar-refractivity contribution in [1.29, 1.82) is 0 Å². The standard InChI is InChI=1S/C24H23F4N5O/c25-18-4-2-1-3-17(18)20-6-5-19(30)23(32-20)22(34)9-14-11-31-8-7-21(14)33-12-15(24(26,27)28)10-16(29)13-33/h1-8,11,15-16H,9-10,12-13,29-30H2. The Labute approximate surface area is 193 Å². The van der Waals surface area contributed by atoms with E-state index in [0.29, 0.717) is 11.3 Å². The number of nitrogen functional groups attached to an aromatic ring is 1. The van der Waals surface area contributed by atoms with E-state index in [9.17, 15) is 22.4 Å². The van der Waals surface area contributed by atoms with Gasteiger partial charge in [0.1, 0.15) is 11.5 Å². The van der Waals surface area contributed by atoms with Crippen molar-refractivity contribution >= 4 is 17.2 Å². The molecule has 4 N–H and O–H groups in total. The molecule has 0 aliphatic carbocycles. The smallest absolute Gasteiger partial charge is 0.393 e. The molecule has 2 atom stereocenters. The van der Waals surface area contributed by atoms with E-state index in [1.54, 1.807) is 23.1 Å². The van der Waals surface area contributed by atoms with Crippen LogP contribution in [0, 0.1) is 11.7 Å². The molecule has 1 aromatic carbocycles. The topological polar surface area (TPSA) is 98.1 Å². The molecular formula is C24H23F4N5O. The molecule has 1 fully saturated rings. The third-order valence-corrected chi connectivity index (χ3v) is 5.86. The first-order valence-corrected chi connectivity index (χ1v) is 10.7. The van der Waals surface area contributed by atoms with Crippen LogP contribution >= 0.6 is 0 Å². The first kappa shape index (κ1) is 23.6. The summed E-state index contributed by atoms with van der Waals surface area (Å²) in [4.78, 5) is 23.0. The van der Waals surface area contributed by atoms with E-state index >= 15 is 0 Å². The average molecular weight is 473 g/mol. The number of ketones is 1. The number of hydrogen-bond donors (Lipinski definition) is 2. The van der Waals surface area contributed by atoms with Crippen molar-refractivity contribution in [3.8, 4) is 11.3 Å². The molecule has 178 valence electrons. The van der Waals surface area contributed by atoms with Crippen LogP contribution < -0.4 is 16.4 Å². The van der Waals surface area contributed by atoms with Crippen LogP contribution in [0.5, 0.6) is 0 Å². The fourth-order valence-electron chi connectivity index (χ4n) is 4.21. The lowest BCUT2D eigenvalue weighted by atomic mass is 9.93. The minimum absolute atomic E-state index is 0.0425. The SMILES string of the molecule is Nc1ccc(-c2ccccc2F)nc1C(=O)Cc1cnccc1N1CC(N)CC(C(F)(F)F)C1. The van der Waals surface area contributed by atoms with Crippen LogP contribution in [0.15, 0.2) is 54.9 Å². The van der Waals surface area contributed by atoms with Gasteiger partial charge in [-0.15, -0.1) is 0 Å². The number of halogens is 4. The van der Waals surface area contributed by atoms with Crippen LogP contribution in [0.2, 0.25) is 0 Å². The number of carbonyl (C=O) groups excluding carboxylic acids is 1. The number of alkyl halides is 3. The lowest BCUT2D eigenvalue weighted by molar-refractivity contribution is -0.177. The van der Waals surface area contributed by atoms with Gasteiger partial charge < -0.3 is 16.4 Å². The van der Waals surface area contributed by atoms with E-state index in [0.717, 1.165) is 0 Å². The molecule has 4 rings (SSSR count). The van der Waals surface area contributed by atoms with Crippen molar-refractivity contribution in [2.45, 2.75) is 25.1 Å². The summed E-state index contributed by atoms with van der Waals surface area (Å²) in [6.45, 7) is -0.0352. The Morgan fingerprint density at radius 1 is 1.12 bits per heavy atom. The van der Waals surface area contributed by atoms with Crippen LogP contribution in [0.25, 0.3) is 11.3 Å². The zero-order valence-corrected chi connectivity index (χ0v) is 18.1. The highest BCUT2D eigenvalue weighted by molar-refractivity contribution is 6.01. The number of benzene rings is 1. The molecule has 3 heterocycles. The molecule has 1 saturated heterocycles. The minimum atomic E-state index is -4.37. The summed E-state index contributed by atoms with van der Waals surface area (Å²) in [5.74, 6) is -2.52. The number of aromatic nitrogens is 2. The van der Waals surface area contributed by atoms with E-state index in [2.05, 4.69) is 9.97 Å². The molecule has 3 aromatic rings. The largest absolute Gasteiger partial charge is 0.397 e. The van der Waals surface area contributed by atoms with E-state index < -0.39 is 29.7 Å². The first-order valence-electron chi connectivity index (χ1n) is 10.7. The molecule has 2 aromatic heterocycles. The molecule has 0 spiro atoms. The van der Waals surface area contributed by atoms with Gasteiger partial charge in [0.15, 0.2) is 5.78 Å². The lowest BCUT2D eigenvalue weighted by Crippen LogP contribution is -2.51. The number of Topliss-reactive ketones (excluding diaryl/α,β-unsaturated/α-hetero) is 1. The van der Waals surface area contributed by atoms with Crippen molar-refractivity contribution < 1.29 is 22.4 Å². The monoisotopic (exact) mass is 473 g/mol. The first-order chi connectivity index (χ1) is 16.1. The Morgan fingerprint density at radius 3 is 2.62 bits per heavy atom. The fraction of sp³-hybridized carbons (Fsp3) is 0.292. The molecular weight excluding hydrogens is 450 g/mol. The Bertz CT molecular complexity index is 1200. The Morgan fingerprint density at radius 2 is 1.88 bits per heavy atom. The van der Waals surface area contributed by atoms with Gasteiger partial charge in [-0.1, -0.05) is 12.1 Å². The van der Waals surface area contributed by atoms with Crippen molar-refractivity contribution in [3.05, 3.63) is 71.9 Å². The van der Waals surface area contributed by atoms with Gasteiger partial charge in [0, 0.05) is 54.8 Å². The summed E-state index contributed by atoms with van der Waals surface area (Å²) in [5.41, 5.74) is 13.3. The zero-order valence-electron chi connectivity index (χ0n) is 18.1. The second-order valence-electron chi connectivity index (χ2n) is 8.36. The second kappa shape index (κ2) is 9.38. The molecule has 0 amide bonds. The molecule has 10 heteroatoms. The number of hydrogen-bond acceptors (Lipinski definition) is 6. The number of piperidine rings is 1. The maximum absolute atomic E-state index is 14.2. The van der Waals surface area contributed by atoms with E-state index in [1.807, 2.05) is 0 Å². The Balaban J connectivity index is 1.62. The molecule has 1 aliphatic heterocycles. The predicted molar refractivity (Wildman–Crippen MR) is 121 cm³/mol. The minimum Gasteiger partial charge on any atom is -0.397 e. The number of nitrogens with two attached hydrogens (primary N) is 2. The highest BCUT2D eigenvalue weighted by Crippen LogP contribution is 2.35. The third-order valence-electron chi connectivity index (χ3n) is 5.86. The summed E-state index contributed by atoms with van der Waals surface area (Å²) in [5, 5.41) is 0. The molecule has 34 heavy (non-hydrogen) atoms. The van der Waals surface area contributed by atoms with Gasteiger partial charge in [-0.25, -0.2) is 9.37 Å². The molecule has 0 bridgehead atoms. The molecule has 0 radical (unpaired) electrons. The quantitative estimate of drug-likeness (QED) is 0.429. The summed E-state index contributed by atoms with van der Waals surface area (Å²) < 4.78 is 54.4. The third kappa shape index (κ3) is 5.01. The predicted octanol–water partition coefficient (Wildman–Crippen LogP) is 4.01. The number of anilines is 2. The van der Waals surface area contributed by atoms with Crippen LogP contribution in [0.1, 0.15) is 22.5 Å². The summed E-state index contributed by atoms with van der Waals surface area (Å²) in [6.07, 6.45) is -1.82. The van der Waals surface area contributed by atoms with Crippen molar-refractivity contribution in [2.24, 2.45) is 11.7 Å². The van der Waals surface area contributed by atoms with Crippen LogP contribution in [0.3, 0.4) is 0 Å². The van der Waals surface area contributed by atoms with E-state index in [4.69, 9.17) is 11.5 Å². The van der Waals surface area contributed by atoms with E-state index in [1.165, 1.54) is 36.7 Å². The molecule has 0 saturated carbocycles. The van der Waals surface area contributed by atoms with Crippen molar-refractivity contribution in [2.75, 3.05) is 23.7 Å². The van der Waals surface area contributed by atoms with Crippen LogP contribution in [-0.2, 0) is 6.42 Å². The number of carbonyl (C=O) groups is 1. The van der Waals surface area contributed by atoms with Gasteiger partial charge in [-0.3, -0.25) is 9.78 Å². The van der Waals surface area contributed by atoms with Crippen molar-refractivity contribution in [1.82, 2.24) is 9.97 Å². The molecule has 6 nitrogen and oxygen atoms in total. The van der Waals surface area contributed by atoms with Gasteiger partial charge >= 0.3 is 6.18 Å². The van der Waals surface area contributed by atoms with Gasteiger partial charge in [0.05, 0.1) is 17.3 Å². The lowest BCUT2D eigenvalue weighted by Gasteiger charge is -2.39. The van der Waals surface area contributed by atoms with Gasteiger partial charge in [0.25, 0.3) is 0 Å². The zero-order chi connectivity index (χ0) is 24.5. The summed E-state index contributed by atoms with van der Waals surface area (Å²) >= 11 is 0. The van der Waals surface area contributed by atoms with Crippen LogP contribution in [0.4, 0.5) is 28.9 Å². The highest BCUT2D eigenvalue weighted by atomic mass is 19.4. The molecule has 2 unspecified atom stereocenters. The number of pyridine rings is 2. The normalized spacial score (nSPS) is 18.7. The average Bonchev–Trinajstić information content (AvgIpc) is 2.79. The highest BCUT2D eigenvalue weighted by Gasteiger charge is 2.44. The maximum Gasteiger partial charge on any atom is 0.393 e. The maximum atomic E-state index is 14.2. The Kier molecular flexibility index (Phi) is 6.52. The van der Waals surface area contributed by atoms with E-state index in [-0.39, 0.29) is 48.6 Å². The second-order valence-corrected chi connectivity index (χ2v) is 8.36. The van der Waals surface area contributed by atoms with Crippen LogP contribution in [-0.4, -0.2) is 41.1 Å². The number of rotatable bonds is 5. The number of nitrogens with zero attached hydrogens (tertiary/aromatic N) is 3. The van der Waals surface area contributed by atoms with Gasteiger partial charge in [-0.05, 0) is 36.8 Å². The van der Waals surface area contributed by atoms with Gasteiger partial charge in [0.2, 0.25) is 0 Å². The van der Waals surface area contributed by atoms with Crippen molar-refractivity contribution in [3.63, 3.8) is 0 Å². The summed E-state index contributed by atoms with van der Waals surface area (Å²) in [7, 11) is 0. The van der Waals surface area contributed by atoms with Gasteiger partial charge in [-0.2, -0.15) is 13.2 Å². The fourth-order valence-corrected chi connectivity index (χ4v) is 4.21. The summed E-state index contributed by atoms with van der Waals surface area (Å²) in [6, 6.07) is 9.93.